The molecule has 1 amide bonds. The summed E-state index contributed by atoms with van der Waals surface area (Å²) in [5.74, 6) is -0.254. The number of allylic oxidation sites excluding steroid dienone is 1. The molecule has 0 unspecified atom stereocenters. The fourth-order valence-electron chi connectivity index (χ4n) is 4.71. The van der Waals surface area contributed by atoms with Gasteiger partial charge in [0.05, 0.1) is 18.8 Å². The molecule has 0 aliphatic carbocycles. The van der Waals surface area contributed by atoms with Crippen LogP contribution in [-0.4, -0.2) is 49.0 Å². The highest BCUT2D eigenvalue weighted by atomic mass is 16.3. The fourth-order valence-corrected chi connectivity index (χ4v) is 4.71. The largest absolute Gasteiger partial charge is 0.394 e. The highest BCUT2D eigenvalue weighted by Crippen LogP contribution is 2.15. The molecule has 41 heavy (non-hydrogen) atoms. The molecular formula is C35H54N3O3+. The lowest BCUT2D eigenvalue weighted by Crippen LogP contribution is -2.50. The van der Waals surface area contributed by atoms with Crippen LogP contribution in [0.5, 0.6) is 0 Å². The summed E-state index contributed by atoms with van der Waals surface area (Å²) in [6.45, 7) is 2.05. The number of carbonyl (C=O) groups is 1. The number of anilines is 1. The Kier molecular flexibility index (Phi) is 17.4. The zero-order valence-corrected chi connectivity index (χ0v) is 25.7. The molecule has 2 atom stereocenters. The molecule has 0 saturated carbocycles. The van der Waals surface area contributed by atoms with Crippen molar-refractivity contribution in [2.45, 2.75) is 103 Å². The molecule has 0 spiro atoms. The van der Waals surface area contributed by atoms with Crippen molar-refractivity contribution in [3.05, 3.63) is 72.1 Å². The molecule has 1 aromatic carbocycles. The van der Waals surface area contributed by atoms with E-state index in [4.69, 9.17) is 0 Å². The maximum Gasteiger partial charge on any atom is 0.286 e. The summed E-state index contributed by atoms with van der Waals surface area (Å²) in [4.78, 5) is 14.6. The second-order valence-electron chi connectivity index (χ2n) is 11.2. The van der Waals surface area contributed by atoms with E-state index in [9.17, 15) is 15.0 Å². The van der Waals surface area contributed by atoms with Gasteiger partial charge in [-0.05, 0) is 36.1 Å². The number of hydrogen-bond donors (Lipinski definition) is 3. The maximum absolute atomic E-state index is 12.6. The summed E-state index contributed by atoms with van der Waals surface area (Å²) >= 11 is 0. The van der Waals surface area contributed by atoms with Crippen LogP contribution in [-0.2, 0) is 11.3 Å². The molecule has 0 fully saturated rings. The Morgan fingerprint density at radius 3 is 1.93 bits per heavy atom. The topological polar surface area (TPSA) is 76.7 Å². The minimum Gasteiger partial charge on any atom is -0.394 e. The Labute approximate surface area is 248 Å². The lowest BCUT2D eigenvalue weighted by atomic mass is 10.0. The lowest BCUT2D eigenvalue weighted by Gasteiger charge is -2.19. The molecule has 226 valence electrons. The smallest absolute Gasteiger partial charge is 0.286 e. The summed E-state index contributed by atoms with van der Waals surface area (Å²) < 4.78 is 1.78. The molecule has 2 rings (SSSR count). The molecule has 6 heteroatoms. The van der Waals surface area contributed by atoms with Gasteiger partial charge in [-0.1, -0.05) is 108 Å². The Hall–Kier alpha value is -2.96. The Bertz CT molecular complexity index is 1020. The predicted molar refractivity (Wildman–Crippen MR) is 172 cm³/mol. The molecule has 0 aliphatic heterocycles. The molecule has 2 aromatic rings. The Morgan fingerprint density at radius 1 is 0.854 bits per heavy atom. The number of pyridine rings is 1. The van der Waals surface area contributed by atoms with Crippen molar-refractivity contribution in [2.75, 3.05) is 25.6 Å². The number of amides is 1. The van der Waals surface area contributed by atoms with Crippen molar-refractivity contribution in [2.24, 2.45) is 0 Å². The van der Waals surface area contributed by atoms with Gasteiger partial charge in [-0.2, -0.15) is 4.57 Å². The third kappa shape index (κ3) is 15.0. The van der Waals surface area contributed by atoms with Gasteiger partial charge in [0.1, 0.15) is 0 Å². The van der Waals surface area contributed by atoms with Gasteiger partial charge >= 0.3 is 0 Å². The van der Waals surface area contributed by atoms with E-state index >= 15 is 0 Å². The quantitative estimate of drug-likeness (QED) is 0.0944. The number of hydrogen-bond acceptors (Lipinski definition) is 4. The van der Waals surface area contributed by atoms with E-state index in [1.807, 2.05) is 50.8 Å². The minimum absolute atomic E-state index is 0.113. The lowest BCUT2D eigenvalue weighted by molar-refractivity contribution is -0.684. The Morgan fingerprint density at radius 2 is 1.39 bits per heavy atom. The molecule has 1 heterocycles. The van der Waals surface area contributed by atoms with Gasteiger partial charge in [0, 0.05) is 31.9 Å². The van der Waals surface area contributed by atoms with Gasteiger partial charge in [-0.25, -0.2) is 0 Å². The van der Waals surface area contributed by atoms with Crippen LogP contribution >= 0.6 is 0 Å². The van der Waals surface area contributed by atoms with Crippen molar-refractivity contribution in [3.8, 4) is 0 Å². The SMILES string of the molecule is CCCCCCCCCCCCC/C=C/[C@@H](O)[C@H](CO)NC(=O)C[n+]1ccc(/C=C/c2ccc(N(C)C)cc2)cc1. The predicted octanol–water partition coefficient (Wildman–Crippen LogP) is 6.31. The third-order valence-corrected chi connectivity index (χ3v) is 7.38. The van der Waals surface area contributed by atoms with E-state index in [0.29, 0.717) is 0 Å². The average Bonchev–Trinajstić information content (AvgIpc) is 2.98. The van der Waals surface area contributed by atoms with Gasteiger partial charge in [-0.15, -0.1) is 0 Å². The monoisotopic (exact) mass is 564 g/mol. The molecule has 6 nitrogen and oxygen atoms in total. The zero-order valence-electron chi connectivity index (χ0n) is 25.7. The molecule has 1 aromatic heterocycles. The van der Waals surface area contributed by atoms with E-state index < -0.39 is 12.1 Å². The normalized spacial score (nSPS) is 13.1. The second kappa shape index (κ2) is 20.8. The third-order valence-electron chi connectivity index (χ3n) is 7.38. The van der Waals surface area contributed by atoms with E-state index in [1.54, 1.807) is 10.6 Å². The second-order valence-corrected chi connectivity index (χ2v) is 11.2. The molecule has 0 radical (unpaired) electrons. The molecule has 0 aliphatic rings. The number of benzene rings is 1. The van der Waals surface area contributed by atoms with Crippen molar-refractivity contribution >= 4 is 23.7 Å². The van der Waals surface area contributed by atoms with Gasteiger partial charge in [0.2, 0.25) is 6.54 Å². The van der Waals surface area contributed by atoms with E-state index in [0.717, 1.165) is 29.7 Å². The number of unbranched alkanes of at least 4 members (excludes halogenated alkanes) is 11. The van der Waals surface area contributed by atoms with Crippen molar-refractivity contribution in [3.63, 3.8) is 0 Å². The van der Waals surface area contributed by atoms with Crippen LogP contribution in [0.3, 0.4) is 0 Å². The van der Waals surface area contributed by atoms with Gasteiger partial charge in [0.25, 0.3) is 5.91 Å². The molecule has 3 N–H and O–H groups in total. The molecular weight excluding hydrogens is 510 g/mol. The van der Waals surface area contributed by atoms with E-state index in [1.165, 1.54) is 64.2 Å². The number of aliphatic hydroxyl groups excluding tert-OH is 2. The van der Waals surface area contributed by atoms with Gasteiger partial charge in [0.15, 0.2) is 12.4 Å². The van der Waals surface area contributed by atoms with Crippen molar-refractivity contribution in [1.82, 2.24) is 5.32 Å². The molecule has 0 bridgehead atoms. The number of aromatic nitrogens is 1. The van der Waals surface area contributed by atoms with E-state index in [-0.39, 0.29) is 19.1 Å². The summed E-state index contributed by atoms with van der Waals surface area (Å²) in [5.41, 5.74) is 3.31. The highest BCUT2D eigenvalue weighted by molar-refractivity contribution is 5.75. The minimum atomic E-state index is -0.916. The fraction of sp³-hybridized carbons (Fsp3) is 0.543. The summed E-state index contributed by atoms with van der Waals surface area (Å²) in [6.07, 6.45) is 25.8. The molecule has 0 saturated heterocycles. The first kappa shape index (κ1) is 34.2. The van der Waals surface area contributed by atoms with Crippen LogP contribution in [0.25, 0.3) is 12.2 Å². The van der Waals surface area contributed by atoms with Crippen LogP contribution in [0.15, 0.2) is 60.9 Å². The van der Waals surface area contributed by atoms with Crippen LogP contribution < -0.4 is 14.8 Å². The van der Waals surface area contributed by atoms with Crippen LogP contribution in [0.4, 0.5) is 5.69 Å². The average molecular weight is 565 g/mol. The summed E-state index contributed by atoms with van der Waals surface area (Å²) in [7, 11) is 4.04. The first-order chi connectivity index (χ1) is 19.9. The summed E-state index contributed by atoms with van der Waals surface area (Å²) in [5, 5.41) is 22.9. The summed E-state index contributed by atoms with van der Waals surface area (Å²) in [6, 6.07) is 11.5. The van der Waals surface area contributed by atoms with Crippen molar-refractivity contribution < 1.29 is 19.6 Å². The Balaban J connectivity index is 1.64. The van der Waals surface area contributed by atoms with Crippen LogP contribution in [0.2, 0.25) is 0 Å². The number of aliphatic hydroxyl groups is 2. The van der Waals surface area contributed by atoms with Crippen LogP contribution in [0, 0.1) is 0 Å². The standard InChI is InChI=1S/C35H53N3O3/c1-4-5-6-7-8-9-10-11-12-13-14-15-16-17-34(40)33(29-39)36-35(41)28-38-26-24-31(25-27-38)19-18-30-20-22-32(23-21-30)37(2)3/h16-27,33-34,39-40H,4-15,28-29H2,1-3H3/p+1/b17-16+/t33-,34+/m0/s1. The van der Waals surface area contributed by atoms with Gasteiger partial charge < -0.3 is 20.4 Å². The highest BCUT2D eigenvalue weighted by Gasteiger charge is 2.20. The zero-order chi connectivity index (χ0) is 29.7. The number of carbonyl (C=O) groups excluding carboxylic acids is 1. The maximum atomic E-state index is 12.6. The van der Waals surface area contributed by atoms with Gasteiger partial charge in [-0.3, -0.25) is 4.79 Å². The first-order valence-electron chi connectivity index (χ1n) is 15.6. The first-order valence-corrected chi connectivity index (χ1v) is 15.6. The number of nitrogens with zero attached hydrogens (tertiary/aromatic N) is 2. The van der Waals surface area contributed by atoms with Crippen molar-refractivity contribution in [1.29, 1.82) is 0 Å². The number of nitrogens with one attached hydrogen (secondary N) is 1. The number of rotatable bonds is 21. The van der Waals surface area contributed by atoms with E-state index in [2.05, 4.69) is 47.5 Å². The van der Waals surface area contributed by atoms with Crippen LogP contribution in [0.1, 0.15) is 95.1 Å².